The molecule has 1 aliphatic rings. The molecule has 0 aromatic carbocycles. The number of thioether (sulfide) groups is 1. The first-order chi connectivity index (χ1) is 7.50. The van der Waals surface area contributed by atoms with Gasteiger partial charge in [-0.05, 0) is 19.1 Å². The maximum Gasteiger partial charge on any atom is 0.239 e. The van der Waals surface area contributed by atoms with Crippen molar-refractivity contribution in [3.8, 4) is 5.75 Å². The Kier molecular flexibility index (Phi) is 3.09. The van der Waals surface area contributed by atoms with Gasteiger partial charge in [-0.3, -0.25) is 0 Å². The molecule has 0 saturated heterocycles. The van der Waals surface area contributed by atoms with Crippen molar-refractivity contribution in [2.75, 3.05) is 6.26 Å². The molecule has 7 heteroatoms. The van der Waals surface area contributed by atoms with Gasteiger partial charge in [-0.15, -0.1) is 11.8 Å². The van der Waals surface area contributed by atoms with Crippen LogP contribution in [0.25, 0.3) is 0 Å². The molecule has 1 aromatic heterocycles. The summed E-state index contributed by atoms with van der Waals surface area (Å²) in [6, 6.07) is 1.44. The molecule has 2 rings (SSSR count). The fourth-order valence-electron chi connectivity index (χ4n) is 1.17. The first-order valence-corrected chi connectivity index (χ1v) is 7.51. The van der Waals surface area contributed by atoms with Crippen LogP contribution < -0.4 is 9.88 Å². The Morgan fingerprint density at radius 2 is 2.25 bits per heavy atom. The molecule has 0 bridgehead atoms. The number of ether oxygens (including phenoxy) is 1. The van der Waals surface area contributed by atoms with E-state index in [1.54, 1.807) is 0 Å². The molecule has 0 spiro atoms. The molecular weight excluding hydrogens is 248 g/mol. The van der Waals surface area contributed by atoms with Gasteiger partial charge in [-0.2, -0.15) is 0 Å². The molecule has 1 aromatic rings. The number of nitrogens with two attached hydrogens (primary N) is 1. The Balaban J connectivity index is 2.37. The lowest BCUT2D eigenvalue weighted by atomic mass is 10.4. The number of hydrogen-bond acceptors (Lipinski definition) is 5. The average Bonchev–Trinajstić information content (AvgIpc) is 3.00. The Bertz CT molecular complexity index is 497. The third-order valence-corrected chi connectivity index (χ3v) is 3.71. The monoisotopic (exact) mass is 260 g/mol. The van der Waals surface area contributed by atoms with Gasteiger partial charge in [-0.1, -0.05) is 0 Å². The molecule has 5 nitrogen and oxygen atoms in total. The van der Waals surface area contributed by atoms with Gasteiger partial charge in [0, 0.05) is 12.3 Å². The van der Waals surface area contributed by atoms with Crippen molar-refractivity contribution in [1.29, 1.82) is 0 Å². The molecule has 0 amide bonds. The van der Waals surface area contributed by atoms with Gasteiger partial charge in [-0.25, -0.2) is 18.5 Å². The SMILES string of the molecule is CSc1ncc(S(N)(=O)=O)cc1OC1CC1. The maximum atomic E-state index is 11.2. The summed E-state index contributed by atoms with van der Waals surface area (Å²) in [5.74, 6) is 0.501. The molecular formula is C9H12N2O3S2. The van der Waals surface area contributed by atoms with E-state index >= 15 is 0 Å². The van der Waals surface area contributed by atoms with Crippen LogP contribution in [0.4, 0.5) is 0 Å². The molecule has 1 fully saturated rings. The maximum absolute atomic E-state index is 11.2. The predicted molar refractivity (Wildman–Crippen MR) is 61.0 cm³/mol. The van der Waals surface area contributed by atoms with Gasteiger partial charge in [0.25, 0.3) is 0 Å². The topological polar surface area (TPSA) is 82.3 Å². The Morgan fingerprint density at radius 3 is 2.75 bits per heavy atom. The molecule has 88 valence electrons. The fourth-order valence-corrected chi connectivity index (χ4v) is 2.11. The molecule has 1 heterocycles. The second kappa shape index (κ2) is 4.23. The van der Waals surface area contributed by atoms with Crippen LogP contribution in [0.2, 0.25) is 0 Å². The summed E-state index contributed by atoms with van der Waals surface area (Å²) in [6.07, 6.45) is 5.32. The number of rotatable bonds is 4. The number of primary sulfonamides is 1. The van der Waals surface area contributed by atoms with E-state index in [0.717, 1.165) is 12.8 Å². The van der Waals surface area contributed by atoms with Crippen LogP contribution in [0.1, 0.15) is 12.8 Å². The lowest BCUT2D eigenvalue weighted by molar-refractivity contribution is 0.292. The minimum absolute atomic E-state index is 0.0130. The van der Waals surface area contributed by atoms with Crippen molar-refractivity contribution < 1.29 is 13.2 Å². The highest BCUT2D eigenvalue weighted by molar-refractivity contribution is 7.98. The number of sulfonamides is 1. The van der Waals surface area contributed by atoms with Crippen molar-refractivity contribution in [3.63, 3.8) is 0 Å². The zero-order chi connectivity index (χ0) is 11.8. The van der Waals surface area contributed by atoms with E-state index in [9.17, 15) is 8.42 Å². The van der Waals surface area contributed by atoms with Crippen LogP contribution in [0, 0.1) is 0 Å². The second-order valence-electron chi connectivity index (χ2n) is 3.54. The summed E-state index contributed by atoms with van der Waals surface area (Å²) >= 11 is 1.41. The number of pyridine rings is 1. The first-order valence-electron chi connectivity index (χ1n) is 4.74. The van der Waals surface area contributed by atoms with E-state index in [-0.39, 0.29) is 11.0 Å². The lowest BCUT2D eigenvalue weighted by Crippen LogP contribution is -2.13. The van der Waals surface area contributed by atoms with Crippen molar-refractivity contribution in [1.82, 2.24) is 4.98 Å². The summed E-state index contributed by atoms with van der Waals surface area (Å²) in [6.45, 7) is 0. The normalized spacial score (nSPS) is 16.1. The fraction of sp³-hybridized carbons (Fsp3) is 0.444. The molecule has 0 unspecified atom stereocenters. The predicted octanol–water partition coefficient (Wildman–Crippen LogP) is 0.992. The summed E-state index contributed by atoms with van der Waals surface area (Å²) in [5, 5.41) is 5.71. The lowest BCUT2D eigenvalue weighted by Gasteiger charge is -2.09. The smallest absolute Gasteiger partial charge is 0.239 e. The molecule has 16 heavy (non-hydrogen) atoms. The van der Waals surface area contributed by atoms with Gasteiger partial charge in [0.1, 0.15) is 9.92 Å². The van der Waals surface area contributed by atoms with Gasteiger partial charge in [0.05, 0.1) is 6.10 Å². The summed E-state index contributed by atoms with van der Waals surface area (Å²) < 4.78 is 27.9. The van der Waals surface area contributed by atoms with Gasteiger partial charge >= 0.3 is 0 Å². The molecule has 0 aliphatic heterocycles. The molecule has 2 N–H and O–H groups in total. The van der Waals surface area contributed by atoms with E-state index in [1.807, 2.05) is 6.26 Å². The molecule has 0 radical (unpaired) electrons. The van der Waals surface area contributed by atoms with Crippen molar-refractivity contribution in [2.24, 2.45) is 5.14 Å². The van der Waals surface area contributed by atoms with Crippen LogP contribution in [0.15, 0.2) is 22.2 Å². The largest absolute Gasteiger partial charge is 0.488 e. The third kappa shape index (κ3) is 2.66. The van der Waals surface area contributed by atoms with Gasteiger partial charge in [0.15, 0.2) is 5.75 Å². The minimum atomic E-state index is -3.72. The third-order valence-electron chi connectivity index (χ3n) is 2.13. The van der Waals surface area contributed by atoms with Gasteiger partial charge in [0.2, 0.25) is 10.0 Å². The van der Waals surface area contributed by atoms with Crippen LogP contribution >= 0.6 is 11.8 Å². The van der Waals surface area contributed by atoms with E-state index < -0.39 is 10.0 Å². The zero-order valence-corrected chi connectivity index (χ0v) is 10.3. The van der Waals surface area contributed by atoms with Crippen molar-refractivity contribution in [2.45, 2.75) is 28.9 Å². The Hall–Kier alpha value is -0.790. The highest BCUT2D eigenvalue weighted by atomic mass is 32.2. The first kappa shape index (κ1) is 11.7. The van der Waals surface area contributed by atoms with Gasteiger partial charge < -0.3 is 4.74 Å². The number of aromatic nitrogens is 1. The van der Waals surface area contributed by atoms with Crippen LogP contribution in [0.3, 0.4) is 0 Å². The zero-order valence-electron chi connectivity index (χ0n) is 8.71. The van der Waals surface area contributed by atoms with E-state index in [2.05, 4.69) is 4.98 Å². The standard InChI is InChI=1S/C9H12N2O3S2/c1-15-9-8(14-6-2-3-6)4-7(5-11-9)16(10,12)13/h4-6H,2-3H2,1H3,(H2,10,12,13). The summed E-state index contributed by atoms with van der Waals surface area (Å²) in [5.41, 5.74) is 0. The Morgan fingerprint density at radius 1 is 1.56 bits per heavy atom. The highest BCUT2D eigenvalue weighted by Crippen LogP contribution is 2.33. The molecule has 0 atom stereocenters. The van der Waals surface area contributed by atoms with E-state index in [0.29, 0.717) is 10.8 Å². The molecule has 1 saturated carbocycles. The van der Waals surface area contributed by atoms with Crippen molar-refractivity contribution >= 4 is 21.8 Å². The van der Waals surface area contributed by atoms with E-state index in [1.165, 1.54) is 24.0 Å². The second-order valence-corrected chi connectivity index (χ2v) is 5.90. The van der Waals surface area contributed by atoms with Crippen LogP contribution in [0.5, 0.6) is 5.75 Å². The average molecular weight is 260 g/mol. The quantitative estimate of drug-likeness (QED) is 0.816. The molecule has 1 aliphatic carbocycles. The van der Waals surface area contributed by atoms with Crippen LogP contribution in [-0.2, 0) is 10.0 Å². The summed E-state index contributed by atoms with van der Waals surface area (Å²) in [7, 11) is -3.72. The highest BCUT2D eigenvalue weighted by Gasteiger charge is 2.25. The minimum Gasteiger partial charge on any atom is -0.488 e. The van der Waals surface area contributed by atoms with Crippen molar-refractivity contribution in [3.05, 3.63) is 12.3 Å². The van der Waals surface area contributed by atoms with Crippen LogP contribution in [-0.4, -0.2) is 25.8 Å². The Labute approximate surface area is 98.4 Å². The number of hydrogen-bond donors (Lipinski definition) is 1. The van der Waals surface area contributed by atoms with E-state index in [4.69, 9.17) is 9.88 Å². The number of nitrogens with zero attached hydrogens (tertiary/aromatic N) is 1. The summed E-state index contributed by atoms with van der Waals surface area (Å²) in [4.78, 5) is 4.01.